The third kappa shape index (κ3) is 3.39. The Morgan fingerprint density at radius 3 is 2.79 bits per heavy atom. The summed E-state index contributed by atoms with van der Waals surface area (Å²) in [6.07, 6.45) is 0.950. The number of ether oxygens (including phenoxy) is 1. The molecule has 0 aliphatic rings. The van der Waals surface area contributed by atoms with Gasteiger partial charge in [0.1, 0.15) is 0 Å². The molecule has 0 saturated carbocycles. The summed E-state index contributed by atoms with van der Waals surface area (Å²) < 4.78 is 4.90. The molecule has 1 atom stereocenters. The molecule has 1 aromatic heterocycles. The zero-order valence-corrected chi connectivity index (χ0v) is 8.77. The van der Waals surface area contributed by atoms with Crippen molar-refractivity contribution in [3.63, 3.8) is 0 Å². The van der Waals surface area contributed by atoms with Crippen molar-refractivity contribution in [3.05, 3.63) is 5.82 Å². The normalized spacial score (nSPS) is 15.4. The molecule has 80 valence electrons. The van der Waals surface area contributed by atoms with E-state index < -0.39 is 5.60 Å². The molecular formula is C8H16N4O2. The van der Waals surface area contributed by atoms with Gasteiger partial charge in [-0.1, -0.05) is 0 Å². The summed E-state index contributed by atoms with van der Waals surface area (Å²) in [4.78, 5) is 1.38. The number of nitrogens with zero attached hydrogens (tertiary/aromatic N) is 4. The van der Waals surface area contributed by atoms with Crippen molar-refractivity contribution in [2.75, 3.05) is 13.7 Å². The molecule has 0 aromatic carbocycles. The lowest BCUT2D eigenvalue weighted by Crippen LogP contribution is -2.29. The van der Waals surface area contributed by atoms with E-state index in [0.717, 1.165) is 0 Å². The molecule has 0 fully saturated rings. The van der Waals surface area contributed by atoms with Gasteiger partial charge in [0.15, 0.2) is 5.82 Å². The van der Waals surface area contributed by atoms with Crippen molar-refractivity contribution in [2.45, 2.75) is 25.4 Å². The average molecular weight is 200 g/mol. The Kier molecular flexibility index (Phi) is 3.54. The monoisotopic (exact) mass is 200 g/mol. The minimum absolute atomic E-state index is 0.393. The van der Waals surface area contributed by atoms with Crippen LogP contribution in [0, 0.1) is 0 Å². The number of methoxy groups -OCH3 is 1. The quantitative estimate of drug-likeness (QED) is 0.696. The third-order valence-electron chi connectivity index (χ3n) is 1.93. The number of aliphatic hydroxyl groups is 1. The van der Waals surface area contributed by atoms with Crippen LogP contribution in [-0.2, 0) is 18.2 Å². The molecule has 1 unspecified atom stereocenters. The van der Waals surface area contributed by atoms with Crippen LogP contribution < -0.4 is 0 Å². The van der Waals surface area contributed by atoms with Gasteiger partial charge in [0, 0.05) is 20.1 Å². The number of hydrogen-bond donors (Lipinski definition) is 1. The molecule has 1 heterocycles. The molecule has 0 aliphatic heterocycles. The predicted octanol–water partition coefficient (Wildman–Crippen LogP) is -0.460. The average Bonchev–Trinajstić information content (AvgIpc) is 2.47. The lowest BCUT2D eigenvalue weighted by Gasteiger charge is -2.20. The maximum atomic E-state index is 9.91. The van der Waals surface area contributed by atoms with Gasteiger partial charge < -0.3 is 9.84 Å². The lowest BCUT2D eigenvalue weighted by molar-refractivity contribution is 0.0233. The summed E-state index contributed by atoms with van der Waals surface area (Å²) in [6, 6.07) is 0. The topological polar surface area (TPSA) is 73.1 Å². The van der Waals surface area contributed by atoms with E-state index in [4.69, 9.17) is 4.74 Å². The highest BCUT2D eigenvalue weighted by Crippen LogP contribution is 2.13. The fourth-order valence-corrected chi connectivity index (χ4v) is 1.15. The van der Waals surface area contributed by atoms with Crippen molar-refractivity contribution in [2.24, 2.45) is 7.05 Å². The van der Waals surface area contributed by atoms with Crippen LogP contribution in [0.4, 0.5) is 0 Å². The fourth-order valence-electron chi connectivity index (χ4n) is 1.15. The Balaban J connectivity index is 2.49. The number of rotatable bonds is 5. The van der Waals surface area contributed by atoms with E-state index in [0.29, 0.717) is 25.3 Å². The van der Waals surface area contributed by atoms with E-state index in [9.17, 15) is 5.11 Å². The predicted molar refractivity (Wildman–Crippen MR) is 49.6 cm³/mol. The molecule has 1 aromatic rings. The Morgan fingerprint density at radius 2 is 2.29 bits per heavy atom. The maximum Gasteiger partial charge on any atom is 0.177 e. The van der Waals surface area contributed by atoms with Gasteiger partial charge in [-0.15, -0.1) is 10.2 Å². The second-order valence-corrected chi connectivity index (χ2v) is 3.61. The van der Waals surface area contributed by atoms with Gasteiger partial charge in [-0.2, -0.15) is 4.80 Å². The largest absolute Gasteiger partial charge is 0.390 e. The Hall–Kier alpha value is -1.01. The maximum absolute atomic E-state index is 9.91. The van der Waals surface area contributed by atoms with Gasteiger partial charge in [-0.05, 0) is 18.6 Å². The summed E-state index contributed by atoms with van der Waals surface area (Å²) in [5.74, 6) is 0.550. The highest BCUT2D eigenvalue weighted by atomic mass is 16.5. The van der Waals surface area contributed by atoms with Crippen molar-refractivity contribution in [1.82, 2.24) is 20.2 Å². The van der Waals surface area contributed by atoms with Crippen LogP contribution in [0.25, 0.3) is 0 Å². The van der Waals surface area contributed by atoms with E-state index in [1.165, 1.54) is 4.80 Å². The molecule has 1 rings (SSSR count). The van der Waals surface area contributed by atoms with Crippen LogP contribution >= 0.6 is 0 Å². The second-order valence-electron chi connectivity index (χ2n) is 3.61. The molecule has 0 saturated heterocycles. The molecule has 0 amide bonds. The van der Waals surface area contributed by atoms with E-state index in [1.54, 1.807) is 21.1 Å². The van der Waals surface area contributed by atoms with Crippen LogP contribution in [0.5, 0.6) is 0 Å². The molecule has 6 heteroatoms. The van der Waals surface area contributed by atoms with E-state index >= 15 is 0 Å². The van der Waals surface area contributed by atoms with Gasteiger partial charge in [-0.25, -0.2) is 0 Å². The van der Waals surface area contributed by atoms with E-state index in [1.807, 2.05) is 0 Å². The molecule has 0 aliphatic carbocycles. The standard InChI is InChI=1S/C8H16N4O2/c1-8(13,4-5-14-3)6-7-9-11-12(2)10-7/h13H,4-6H2,1-3H3. The first-order valence-corrected chi connectivity index (χ1v) is 4.48. The molecule has 1 N–H and O–H groups in total. The summed E-state index contributed by atoms with van der Waals surface area (Å²) in [5.41, 5.74) is -0.834. The SMILES string of the molecule is COCCC(C)(O)Cc1nnn(C)n1. The summed E-state index contributed by atoms with van der Waals surface area (Å²) in [5, 5.41) is 21.4. The van der Waals surface area contributed by atoms with E-state index in [2.05, 4.69) is 15.4 Å². The van der Waals surface area contributed by atoms with Crippen molar-refractivity contribution in [1.29, 1.82) is 0 Å². The number of tetrazole rings is 1. The van der Waals surface area contributed by atoms with Gasteiger partial charge in [0.2, 0.25) is 0 Å². The minimum Gasteiger partial charge on any atom is -0.390 e. The molecule has 0 radical (unpaired) electrons. The summed E-state index contributed by atoms with van der Waals surface area (Å²) >= 11 is 0. The minimum atomic E-state index is -0.834. The molecule has 0 bridgehead atoms. The zero-order chi connectivity index (χ0) is 10.6. The highest BCUT2D eigenvalue weighted by molar-refractivity contribution is 4.88. The number of aryl methyl sites for hydroxylation is 1. The third-order valence-corrected chi connectivity index (χ3v) is 1.93. The summed E-state index contributed by atoms with van der Waals surface area (Å²) in [7, 11) is 3.30. The number of aromatic nitrogens is 4. The van der Waals surface area contributed by atoms with Gasteiger partial charge in [0.05, 0.1) is 12.6 Å². The Morgan fingerprint density at radius 1 is 1.57 bits per heavy atom. The molecule has 14 heavy (non-hydrogen) atoms. The molecule has 6 nitrogen and oxygen atoms in total. The van der Waals surface area contributed by atoms with Crippen LogP contribution in [0.2, 0.25) is 0 Å². The van der Waals surface area contributed by atoms with Crippen molar-refractivity contribution < 1.29 is 9.84 Å². The highest BCUT2D eigenvalue weighted by Gasteiger charge is 2.22. The Bertz CT molecular complexity index is 285. The van der Waals surface area contributed by atoms with Crippen LogP contribution in [0.15, 0.2) is 0 Å². The summed E-state index contributed by atoms with van der Waals surface area (Å²) in [6.45, 7) is 2.26. The second kappa shape index (κ2) is 4.47. The van der Waals surface area contributed by atoms with Gasteiger partial charge >= 0.3 is 0 Å². The zero-order valence-electron chi connectivity index (χ0n) is 8.77. The molecule has 0 spiro atoms. The van der Waals surface area contributed by atoms with Crippen LogP contribution in [0.3, 0.4) is 0 Å². The van der Waals surface area contributed by atoms with E-state index in [-0.39, 0.29) is 0 Å². The first kappa shape index (κ1) is 11.1. The Labute approximate surface area is 82.9 Å². The number of hydrogen-bond acceptors (Lipinski definition) is 5. The van der Waals surface area contributed by atoms with Crippen molar-refractivity contribution >= 4 is 0 Å². The molecular weight excluding hydrogens is 184 g/mol. The van der Waals surface area contributed by atoms with Crippen LogP contribution in [-0.4, -0.2) is 44.6 Å². The van der Waals surface area contributed by atoms with Crippen LogP contribution in [0.1, 0.15) is 19.2 Å². The van der Waals surface area contributed by atoms with Crippen molar-refractivity contribution in [3.8, 4) is 0 Å². The lowest BCUT2D eigenvalue weighted by atomic mass is 9.98. The fraction of sp³-hybridized carbons (Fsp3) is 0.875. The first-order valence-electron chi connectivity index (χ1n) is 4.48. The first-order chi connectivity index (χ1) is 6.53. The van der Waals surface area contributed by atoms with Gasteiger partial charge in [0.25, 0.3) is 0 Å². The van der Waals surface area contributed by atoms with Gasteiger partial charge in [-0.3, -0.25) is 0 Å². The smallest absolute Gasteiger partial charge is 0.177 e.